The zero-order chi connectivity index (χ0) is 77.6. The van der Waals surface area contributed by atoms with Crippen LogP contribution in [-0.2, 0) is 0 Å². The lowest BCUT2D eigenvalue weighted by Gasteiger charge is -1.80. The number of thiophene rings is 2. The molecule has 0 aliphatic heterocycles. The summed E-state index contributed by atoms with van der Waals surface area (Å²) in [5, 5.41) is 11.4. The third-order valence-corrected chi connectivity index (χ3v) is 10.6. The Hall–Kier alpha value is -7.58. The van der Waals surface area contributed by atoms with Crippen molar-refractivity contribution in [2.45, 2.75) is 249 Å². The molecular weight excluding hydrogens is 1290 g/mol. The lowest BCUT2D eigenvalue weighted by Crippen LogP contribution is -1.84. The first-order valence-electron chi connectivity index (χ1n) is 34.3. The molecule has 12 rings (SSSR count). The molecule has 0 spiro atoms. The Kier molecular flexibility index (Phi) is 136. The molecule has 556 valence electrons. The van der Waals surface area contributed by atoms with Crippen LogP contribution < -0.4 is 0 Å². The van der Waals surface area contributed by atoms with Crippen molar-refractivity contribution in [3.63, 3.8) is 0 Å². The maximum atomic E-state index is 4.83. The van der Waals surface area contributed by atoms with E-state index in [2.05, 4.69) is 109 Å². The monoisotopic (exact) mass is 1420 g/mol. The highest BCUT2D eigenvalue weighted by molar-refractivity contribution is 7.10. The van der Waals surface area contributed by atoms with Crippen molar-refractivity contribution in [2.24, 2.45) is 0 Å². The third kappa shape index (κ3) is 110. The molecule has 0 aromatic carbocycles. The van der Waals surface area contributed by atoms with Crippen molar-refractivity contribution < 1.29 is 22.1 Å². The Morgan fingerprint density at radius 1 is 0.392 bits per heavy atom. The molecule has 0 bridgehead atoms. The molecule has 12 heterocycles. The molecule has 15 nitrogen and oxygen atoms in total. The van der Waals surface area contributed by atoms with Crippen LogP contribution in [0.3, 0.4) is 0 Å². The molecule has 0 saturated heterocycles. The van der Waals surface area contributed by atoms with E-state index in [0.717, 1.165) is 39.6 Å². The molecule has 12 aromatic heterocycles. The van der Waals surface area contributed by atoms with Gasteiger partial charge in [-0.2, -0.15) is 11.3 Å². The minimum atomic E-state index is 0.718. The minimum absolute atomic E-state index is 0.718. The molecule has 0 aliphatic carbocycles. The van der Waals surface area contributed by atoms with Crippen LogP contribution in [0.5, 0.6) is 0 Å². The van der Waals surface area contributed by atoms with E-state index in [-0.39, 0.29) is 0 Å². The van der Waals surface area contributed by atoms with E-state index < -0.39 is 0 Å². The van der Waals surface area contributed by atoms with Gasteiger partial charge in [0.2, 0.25) is 0 Å². The lowest BCUT2D eigenvalue weighted by atomic mass is 10.4. The zero-order valence-corrected chi connectivity index (χ0v) is 70.8. The van der Waals surface area contributed by atoms with E-state index in [1.165, 1.54) is 52.7 Å². The Morgan fingerprint density at radius 3 is 1.13 bits per heavy atom. The summed E-state index contributed by atoms with van der Waals surface area (Å²) in [4.78, 5) is 37.5. The summed E-state index contributed by atoms with van der Waals surface area (Å²) < 4.78 is 23.6. The van der Waals surface area contributed by atoms with Gasteiger partial charge in [0.1, 0.15) is 42.5 Å². The van der Waals surface area contributed by atoms with Gasteiger partial charge in [0.05, 0.1) is 47.4 Å². The van der Waals surface area contributed by atoms with Crippen LogP contribution in [-0.4, -0.2) is 49.8 Å². The van der Waals surface area contributed by atoms with Crippen molar-refractivity contribution in [2.75, 3.05) is 0 Å². The van der Waals surface area contributed by atoms with E-state index in [1.54, 1.807) is 102 Å². The number of aromatic nitrogens is 10. The largest absolute Gasteiger partial charge is 0.472 e. The molecule has 0 atom stereocenters. The smallest absolute Gasteiger partial charge is 0.190 e. The van der Waals surface area contributed by atoms with E-state index in [0.29, 0.717) is 0 Å². The number of nitrogens with one attached hydrogen (secondary N) is 2. The molecule has 0 fully saturated rings. The first-order chi connectivity index (χ1) is 47.2. The Balaban J connectivity index is -0.0000000790. The number of rotatable bonds is 0. The van der Waals surface area contributed by atoms with Gasteiger partial charge in [-0.25, -0.2) is 29.9 Å². The summed E-state index contributed by atoms with van der Waals surface area (Å²) in [5.41, 5.74) is 8.91. The predicted molar refractivity (Wildman–Crippen MR) is 434 cm³/mol. The molecule has 2 N–H and O–H groups in total. The molecular formula is C78H140N10O5S4. The fourth-order valence-electron chi connectivity index (χ4n) is 3.93. The summed E-state index contributed by atoms with van der Waals surface area (Å²) in [6.07, 6.45) is 24.8. The predicted octanol–water partition coefficient (Wildman–Crippen LogP) is 28.3. The van der Waals surface area contributed by atoms with Gasteiger partial charge in [-0.05, 0) is 158 Å². The maximum Gasteiger partial charge on any atom is 0.190 e. The number of hydrogen-bond donors (Lipinski definition) is 2. The van der Waals surface area contributed by atoms with Gasteiger partial charge in [-0.15, -0.1) is 34.0 Å². The number of nitrogens with zero attached hydrogens (tertiary/aromatic N) is 8. The number of H-pyrrole nitrogens is 2. The summed E-state index contributed by atoms with van der Waals surface area (Å²) >= 11 is 6.81. The zero-order valence-electron chi connectivity index (χ0n) is 67.6. The minimum Gasteiger partial charge on any atom is -0.472 e. The van der Waals surface area contributed by atoms with E-state index in [1.807, 2.05) is 293 Å². The summed E-state index contributed by atoms with van der Waals surface area (Å²) in [7, 11) is 0. The number of furan rings is 2. The molecule has 0 amide bonds. The molecule has 19 heteroatoms. The van der Waals surface area contributed by atoms with E-state index in [4.69, 9.17) is 17.7 Å². The van der Waals surface area contributed by atoms with Gasteiger partial charge >= 0.3 is 0 Å². The van der Waals surface area contributed by atoms with Crippen LogP contribution in [0.25, 0.3) is 0 Å². The van der Waals surface area contributed by atoms with Crippen molar-refractivity contribution in [1.29, 1.82) is 0 Å². The van der Waals surface area contributed by atoms with Crippen molar-refractivity contribution >= 4 is 45.3 Å². The van der Waals surface area contributed by atoms with Crippen LogP contribution in [0.1, 0.15) is 233 Å². The molecule has 0 unspecified atom stereocenters. The summed E-state index contributed by atoms with van der Waals surface area (Å²) in [5.74, 6) is 3.30. The Bertz CT molecular complexity index is 2160. The van der Waals surface area contributed by atoms with Crippen molar-refractivity contribution in [3.8, 4) is 0 Å². The van der Waals surface area contributed by atoms with Crippen LogP contribution in [0, 0.1) is 83.1 Å². The van der Waals surface area contributed by atoms with Crippen LogP contribution >= 0.6 is 45.3 Å². The average Bonchev–Trinajstić information content (AvgIpc) is 4.51. The Morgan fingerprint density at radius 2 is 1.00 bits per heavy atom. The normalized spacial score (nSPS) is 7.38. The molecule has 0 radical (unpaired) electrons. The topological polar surface area (TPSA) is 200 Å². The number of thiazole rings is 2. The standard InChI is InChI=1S/2C5H7N.2C5H6O.2C5H6S.C4H5N3.3C4H5NO.2C4H5NS.12C2H6/c1-5-2-3-6-4-5;1-5-3-2-4-6-5;1-5-2-3-6-4-5;1-5-3-2-4-6-5;1-5-2-3-6-4-5;1-5-3-2-4-6-5;1-4-6-2-5-3-7-4;1-4-2-6-3-5-4;1-4-2-5-3-6-4;1-4-5-2-3-6-4;1-4-2-6-3-5-4;1-4-5-2-3-6-4;12*1-2/h2*2-4,6H,1H3;4*2-4H,1H3;2-3H,1H3;5*2-3H,1H3;12*1-2H3. The molecule has 12 aromatic rings. The second-order valence-electron chi connectivity index (χ2n) is 14.4. The van der Waals surface area contributed by atoms with Crippen LogP contribution in [0.15, 0.2) is 203 Å². The second-order valence-corrected chi connectivity index (χ2v) is 18.2. The first-order valence-corrected chi connectivity index (χ1v) is 37.9. The first kappa shape index (κ1) is 117. The van der Waals surface area contributed by atoms with Crippen molar-refractivity contribution in [1.82, 2.24) is 49.8 Å². The number of aryl methyl sites for hydroxylation is 12. The fourth-order valence-corrected chi connectivity index (χ4v) is 6.11. The van der Waals surface area contributed by atoms with Crippen LogP contribution in [0.2, 0.25) is 0 Å². The highest BCUT2D eigenvalue weighted by Crippen LogP contribution is 2.04. The number of aromatic amines is 2. The highest BCUT2D eigenvalue weighted by Gasteiger charge is 1.82. The molecule has 97 heavy (non-hydrogen) atoms. The third-order valence-electron chi connectivity index (χ3n) is 7.56. The molecule has 0 aliphatic rings. The van der Waals surface area contributed by atoms with Crippen molar-refractivity contribution in [3.05, 3.63) is 248 Å². The fraction of sp³-hybridized carbons (Fsp3) is 0.462. The number of hydrogen-bond acceptors (Lipinski definition) is 17. The van der Waals surface area contributed by atoms with E-state index >= 15 is 0 Å². The Labute approximate surface area is 610 Å². The van der Waals surface area contributed by atoms with E-state index in [9.17, 15) is 0 Å². The maximum absolute atomic E-state index is 4.83. The van der Waals surface area contributed by atoms with Gasteiger partial charge < -0.3 is 32.1 Å². The lowest BCUT2D eigenvalue weighted by molar-refractivity contribution is 0.521. The van der Waals surface area contributed by atoms with Gasteiger partial charge in [0.15, 0.2) is 18.7 Å². The average molecular weight is 1430 g/mol. The van der Waals surface area contributed by atoms with Gasteiger partial charge in [0, 0.05) is 58.7 Å². The van der Waals surface area contributed by atoms with Gasteiger partial charge in [-0.3, -0.25) is 9.97 Å². The van der Waals surface area contributed by atoms with Gasteiger partial charge in [0.25, 0.3) is 0 Å². The molecule has 0 saturated carbocycles. The van der Waals surface area contributed by atoms with Gasteiger partial charge in [-0.1, -0.05) is 172 Å². The highest BCUT2D eigenvalue weighted by atomic mass is 32.1. The second kappa shape index (κ2) is 113. The summed E-state index contributed by atoms with van der Waals surface area (Å²) in [6, 6.07) is 18.0. The summed E-state index contributed by atoms with van der Waals surface area (Å²) in [6.45, 7) is 71.5. The SMILES string of the molecule is CC.CC.CC.CC.CC.CC.CC.CC.CC.CC.CC.CC.Cc1cc[nH]c1.Cc1ccc[nH]1.Cc1ccco1.Cc1cccs1.Cc1ccoc1.Cc1ccsc1.Cc1cnco1.Cc1cocn1.Cc1cscn1.Cc1ncco1.Cc1nccs1.Cc1ncncn1. The number of oxazole rings is 3. The quantitative estimate of drug-likeness (QED) is 0.145. The van der Waals surface area contributed by atoms with Crippen LogP contribution in [0.4, 0.5) is 0 Å².